The summed E-state index contributed by atoms with van der Waals surface area (Å²) < 4.78 is 0. The summed E-state index contributed by atoms with van der Waals surface area (Å²) in [5.74, 6) is 0. The van der Waals surface area contributed by atoms with E-state index in [1.807, 2.05) is 0 Å². The smallest absolute Gasteiger partial charge is 1.00 e. The Labute approximate surface area is 86.8 Å². The minimum atomic E-state index is 0. The van der Waals surface area contributed by atoms with Crippen LogP contribution in [0.25, 0.3) is 0 Å². The summed E-state index contributed by atoms with van der Waals surface area (Å²) in [6.07, 6.45) is 0. The van der Waals surface area contributed by atoms with Gasteiger partial charge in [0.1, 0.15) is 0 Å². The van der Waals surface area contributed by atoms with Crippen LogP contribution in [0.4, 0.5) is 0 Å². The van der Waals surface area contributed by atoms with Crippen LogP contribution in [-0.4, -0.2) is 32.9 Å². The van der Waals surface area contributed by atoms with Crippen LogP contribution in [-0.2, 0) is 16.5 Å². The summed E-state index contributed by atoms with van der Waals surface area (Å²) in [7, 11) is 0. The minimum Gasteiger partial charge on any atom is -1.00 e. The van der Waals surface area contributed by atoms with Crippen molar-refractivity contribution >= 4 is 0 Å². The van der Waals surface area contributed by atoms with E-state index in [9.17, 15) is 0 Å². The van der Waals surface area contributed by atoms with Crippen LogP contribution in [0.3, 0.4) is 0 Å². The summed E-state index contributed by atoms with van der Waals surface area (Å²) in [5, 5.41) is 0. The van der Waals surface area contributed by atoms with Crippen molar-refractivity contribution in [3.05, 3.63) is 0 Å². The molecule has 0 atom stereocenters. The Morgan fingerprint density at radius 1 is 0.300 bits per heavy atom. The van der Waals surface area contributed by atoms with Crippen molar-refractivity contribution in [2.24, 2.45) is 0 Å². The zero-order valence-electron chi connectivity index (χ0n) is 4.45. The number of rotatable bonds is 0. The third kappa shape index (κ3) is 477. The molecule has 0 aromatic heterocycles. The van der Waals surface area contributed by atoms with E-state index in [4.69, 9.17) is 0 Å². The van der Waals surface area contributed by atoms with E-state index in [1.54, 1.807) is 0 Å². The van der Waals surface area contributed by atoms with Crippen LogP contribution in [0, 0.1) is 0 Å². The van der Waals surface area contributed by atoms with E-state index in [-0.39, 0.29) is 86.6 Å². The molecule has 79 valence electrons. The topological polar surface area (TPSA) is 189 Å². The van der Waals surface area contributed by atoms with E-state index in [0.29, 0.717) is 0 Å². The number of hydrogen-bond acceptors (Lipinski definition) is 0. The van der Waals surface area contributed by atoms with Crippen LogP contribution in [0.2, 0.25) is 0 Å². The Hall–Kier alpha value is 1.12. The summed E-state index contributed by atoms with van der Waals surface area (Å²) >= 11 is 0. The van der Waals surface area contributed by atoms with Crippen molar-refractivity contribution in [3.8, 4) is 0 Å². The molecular formula is H12Cl3NiO6. The zero-order chi connectivity index (χ0) is 0. The van der Waals surface area contributed by atoms with Crippen LogP contribution in [0.5, 0.6) is 0 Å². The van der Waals surface area contributed by atoms with E-state index < -0.39 is 0 Å². The van der Waals surface area contributed by atoms with Gasteiger partial charge >= 0.3 is 16.5 Å². The van der Waals surface area contributed by atoms with Gasteiger partial charge in [0.2, 0.25) is 0 Å². The molecule has 1 radical (unpaired) electrons. The fourth-order valence-electron chi connectivity index (χ4n) is 0. The molecule has 0 aliphatic heterocycles. The van der Waals surface area contributed by atoms with Crippen LogP contribution in [0.15, 0.2) is 0 Å². The van der Waals surface area contributed by atoms with Gasteiger partial charge in [-0.15, -0.1) is 0 Å². The summed E-state index contributed by atoms with van der Waals surface area (Å²) in [6, 6.07) is 0. The number of halogens is 3. The minimum absolute atomic E-state index is 0. The van der Waals surface area contributed by atoms with Crippen LogP contribution >= 0.6 is 0 Å². The molecule has 0 heterocycles. The normalized spacial score (nSPS) is 0. The fraction of sp³-hybridized carbons (Fsp3) is 0. The van der Waals surface area contributed by atoms with Crippen LogP contribution < -0.4 is 37.2 Å². The van der Waals surface area contributed by atoms with Gasteiger partial charge in [-0.05, 0) is 0 Å². The predicted molar refractivity (Wildman–Crippen MR) is 21.7 cm³/mol. The standard InChI is InChI=1S/3ClH.Ni.6H2O/h3*1H;;6*1H2/q;;;+3;;;;;;/p-3. The first kappa shape index (κ1) is 903. The third-order valence-electron chi connectivity index (χ3n) is 0. The van der Waals surface area contributed by atoms with Crippen molar-refractivity contribution in [3.63, 3.8) is 0 Å². The van der Waals surface area contributed by atoms with E-state index in [2.05, 4.69) is 0 Å². The van der Waals surface area contributed by atoms with Crippen molar-refractivity contribution in [2.45, 2.75) is 0 Å². The van der Waals surface area contributed by atoms with Gasteiger partial charge in [0.15, 0.2) is 0 Å². The van der Waals surface area contributed by atoms with Gasteiger partial charge in [0.05, 0.1) is 0 Å². The van der Waals surface area contributed by atoms with Crippen LogP contribution in [0.1, 0.15) is 0 Å². The fourth-order valence-corrected chi connectivity index (χ4v) is 0. The van der Waals surface area contributed by atoms with Gasteiger partial charge in [0.25, 0.3) is 0 Å². The summed E-state index contributed by atoms with van der Waals surface area (Å²) in [4.78, 5) is 0. The second-order valence-electron chi connectivity index (χ2n) is 0. The molecule has 0 spiro atoms. The monoisotopic (exact) mass is 271 g/mol. The molecule has 0 aromatic carbocycles. The maximum atomic E-state index is 0. The molecule has 0 unspecified atom stereocenters. The Bertz CT molecular complexity index is 13.0. The Kier molecular flexibility index (Phi) is 60300. The molecule has 0 saturated heterocycles. The van der Waals surface area contributed by atoms with Crippen molar-refractivity contribution < 1.29 is 86.6 Å². The molecule has 0 saturated carbocycles. The van der Waals surface area contributed by atoms with Gasteiger partial charge in [-0.2, -0.15) is 0 Å². The average Bonchev–Trinajstić information content (AvgIpc) is 0. The Morgan fingerprint density at radius 3 is 0.300 bits per heavy atom. The molecule has 0 fully saturated rings. The van der Waals surface area contributed by atoms with Gasteiger partial charge in [-0.25, -0.2) is 0 Å². The Morgan fingerprint density at radius 2 is 0.300 bits per heavy atom. The third-order valence-corrected chi connectivity index (χ3v) is 0. The molecule has 6 nitrogen and oxygen atoms in total. The van der Waals surface area contributed by atoms with E-state index in [1.165, 1.54) is 0 Å². The summed E-state index contributed by atoms with van der Waals surface area (Å²) in [5.41, 5.74) is 0. The van der Waals surface area contributed by atoms with Crippen molar-refractivity contribution in [1.82, 2.24) is 0 Å². The van der Waals surface area contributed by atoms with E-state index >= 15 is 0 Å². The molecule has 0 rings (SSSR count). The number of hydrogen-bond donors (Lipinski definition) is 0. The second-order valence-corrected chi connectivity index (χ2v) is 0. The van der Waals surface area contributed by atoms with E-state index in [0.717, 1.165) is 0 Å². The second kappa shape index (κ2) is 668. The van der Waals surface area contributed by atoms with Crippen molar-refractivity contribution in [1.29, 1.82) is 0 Å². The largest absolute Gasteiger partial charge is 3.00 e. The quantitative estimate of drug-likeness (QED) is 0.379. The summed E-state index contributed by atoms with van der Waals surface area (Å²) in [6.45, 7) is 0. The molecule has 10 heteroatoms. The molecule has 12 N–H and O–H groups in total. The molecule has 0 aliphatic carbocycles. The van der Waals surface area contributed by atoms with Gasteiger partial charge in [-0.1, -0.05) is 0 Å². The van der Waals surface area contributed by atoms with Gasteiger partial charge < -0.3 is 70.1 Å². The zero-order valence-corrected chi connectivity index (χ0v) is 7.71. The van der Waals surface area contributed by atoms with Gasteiger partial charge in [-0.3, -0.25) is 0 Å². The molecule has 0 amide bonds. The molecule has 0 aliphatic rings. The van der Waals surface area contributed by atoms with Gasteiger partial charge in [0, 0.05) is 0 Å². The first-order valence-electron chi connectivity index (χ1n) is 0. The maximum Gasteiger partial charge on any atom is 3.00 e. The first-order chi connectivity index (χ1) is 0. The first-order valence-corrected chi connectivity index (χ1v) is 0. The molecule has 10 heavy (non-hydrogen) atoms. The molecular weight excluding hydrogens is 261 g/mol. The molecule has 0 aromatic rings. The predicted octanol–water partition coefficient (Wildman–Crippen LogP) is -13.9. The maximum absolute atomic E-state index is 0. The van der Waals surface area contributed by atoms with Crippen molar-refractivity contribution in [2.75, 3.05) is 0 Å². The Balaban J connectivity index is 0. The average molecular weight is 273 g/mol. The SMILES string of the molecule is O.O.O.O.O.O.[Cl-].[Cl-].[Cl-].[Ni+3]. The molecule has 0 bridgehead atoms.